The van der Waals surface area contributed by atoms with Crippen molar-refractivity contribution >= 4 is 0 Å². The normalized spacial score (nSPS) is 12.5. The number of hydrogen-bond donors (Lipinski definition) is 1. The first-order valence-electron chi connectivity index (χ1n) is 4.82. The third-order valence-electron chi connectivity index (χ3n) is 2.02. The lowest BCUT2D eigenvalue weighted by Gasteiger charge is -2.10. The van der Waals surface area contributed by atoms with Gasteiger partial charge in [-0.25, -0.2) is 4.39 Å². The summed E-state index contributed by atoms with van der Waals surface area (Å²) < 4.78 is 23.5. The van der Waals surface area contributed by atoms with E-state index in [1.807, 2.05) is 0 Å². The van der Waals surface area contributed by atoms with Gasteiger partial charge in [0.05, 0.1) is 6.61 Å². The van der Waals surface area contributed by atoms with E-state index in [1.54, 1.807) is 26.2 Å². The summed E-state index contributed by atoms with van der Waals surface area (Å²) in [6.07, 6.45) is 0. The van der Waals surface area contributed by atoms with Crippen LogP contribution in [0.5, 0.6) is 5.75 Å². The van der Waals surface area contributed by atoms with Gasteiger partial charge in [-0.3, -0.25) is 0 Å². The number of hydrogen-bond acceptors (Lipinski definition) is 3. The molecule has 1 atom stereocenters. The van der Waals surface area contributed by atoms with Crippen molar-refractivity contribution in [2.45, 2.75) is 13.0 Å². The summed E-state index contributed by atoms with van der Waals surface area (Å²) in [6, 6.07) is 4.38. The quantitative estimate of drug-likeness (QED) is 0.759. The van der Waals surface area contributed by atoms with Crippen LogP contribution in [0.2, 0.25) is 0 Å². The second-order valence-corrected chi connectivity index (χ2v) is 3.31. The summed E-state index contributed by atoms with van der Waals surface area (Å²) in [5.74, 6) is 0.161. The summed E-state index contributed by atoms with van der Waals surface area (Å²) in [7, 11) is 1.59. The Labute approximate surface area is 89.0 Å². The molecule has 3 nitrogen and oxygen atoms in total. The molecule has 0 saturated heterocycles. The second-order valence-electron chi connectivity index (χ2n) is 3.31. The Morgan fingerprint density at radius 3 is 2.67 bits per heavy atom. The maximum Gasteiger partial charge on any atom is 0.131 e. The zero-order valence-corrected chi connectivity index (χ0v) is 9.00. The predicted octanol–water partition coefficient (Wildman–Crippen LogP) is 1.87. The van der Waals surface area contributed by atoms with Crippen molar-refractivity contribution in [1.29, 1.82) is 0 Å². The van der Waals surface area contributed by atoms with Crippen LogP contribution in [0, 0.1) is 5.82 Å². The highest BCUT2D eigenvalue weighted by Gasteiger charge is 2.07. The number of rotatable bonds is 5. The molecule has 0 fully saturated rings. The van der Waals surface area contributed by atoms with Crippen LogP contribution in [0.15, 0.2) is 18.2 Å². The first-order chi connectivity index (χ1) is 7.15. The molecule has 0 aromatic heterocycles. The Balaban J connectivity index is 2.65. The van der Waals surface area contributed by atoms with E-state index in [2.05, 4.69) is 0 Å². The van der Waals surface area contributed by atoms with Crippen molar-refractivity contribution in [3.8, 4) is 5.75 Å². The average molecular weight is 213 g/mol. The van der Waals surface area contributed by atoms with Gasteiger partial charge in [-0.2, -0.15) is 0 Å². The topological polar surface area (TPSA) is 44.5 Å². The molecule has 84 valence electrons. The van der Waals surface area contributed by atoms with Crippen molar-refractivity contribution in [3.63, 3.8) is 0 Å². The summed E-state index contributed by atoms with van der Waals surface area (Å²) in [6.45, 7) is 2.63. The van der Waals surface area contributed by atoms with Crippen LogP contribution in [0.4, 0.5) is 4.39 Å². The Morgan fingerprint density at radius 2 is 2.13 bits per heavy atom. The van der Waals surface area contributed by atoms with Gasteiger partial charge in [0.2, 0.25) is 0 Å². The predicted molar refractivity (Wildman–Crippen MR) is 56.4 cm³/mol. The van der Waals surface area contributed by atoms with E-state index in [0.717, 1.165) is 0 Å². The molecular weight excluding hydrogens is 197 g/mol. The minimum absolute atomic E-state index is 0.307. The van der Waals surface area contributed by atoms with Crippen molar-refractivity contribution in [2.24, 2.45) is 5.73 Å². The molecule has 0 aliphatic rings. The zero-order valence-electron chi connectivity index (χ0n) is 9.00. The fourth-order valence-electron chi connectivity index (χ4n) is 1.21. The van der Waals surface area contributed by atoms with E-state index in [9.17, 15) is 4.39 Å². The molecular formula is C11H16FNO2. The van der Waals surface area contributed by atoms with Gasteiger partial charge in [0.1, 0.15) is 18.2 Å². The van der Waals surface area contributed by atoms with Crippen LogP contribution >= 0.6 is 0 Å². The molecule has 2 N–H and O–H groups in total. The van der Waals surface area contributed by atoms with Gasteiger partial charge >= 0.3 is 0 Å². The van der Waals surface area contributed by atoms with Crippen LogP contribution in [0.3, 0.4) is 0 Å². The lowest BCUT2D eigenvalue weighted by molar-refractivity contribution is 0.146. The minimum Gasteiger partial charge on any atom is -0.491 e. The molecule has 0 heterocycles. The molecule has 0 aliphatic carbocycles. The third kappa shape index (κ3) is 3.49. The monoisotopic (exact) mass is 213 g/mol. The van der Waals surface area contributed by atoms with Crippen LogP contribution < -0.4 is 10.5 Å². The molecule has 15 heavy (non-hydrogen) atoms. The largest absolute Gasteiger partial charge is 0.491 e. The molecule has 0 bridgehead atoms. The lowest BCUT2D eigenvalue weighted by atomic mass is 10.1. The third-order valence-corrected chi connectivity index (χ3v) is 2.02. The van der Waals surface area contributed by atoms with Crippen LogP contribution in [0.1, 0.15) is 18.5 Å². The molecule has 1 aromatic rings. The Bertz CT molecular complexity index is 315. The molecule has 0 spiro atoms. The van der Waals surface area contributed by atoms with Gasteiger partial charge in [0.15, 0.2) is 0 Å². The van der Waals surface area contributed by atoms with Crippen molar-refractivity contribution in [2.75, 3.05) is 20.3 Å². The zero-order chi connectivity index (χ0) is 11.3. The minimum atomic E-state index is -0.333. The van der Waals surface area contributed by atoms with Crippen LogP contribution in [-0.4, -0.2) is 20.3 Å². The van der Waals surface area contributed by atoms with Gasteiger partial charge in [-0.15, -0.1) is 0 Å². The first-order valence-corrected chi connectivity index (χ1v) is 4.82. The van der Waals surface area contributed by atoms with Gasteiger partial charge in [-0.05, 0) is 13.0 Å². The van der Waals surface area contributed by atoms with E-state index in [1.165, 1.54) is 6.07 Å². The molecule has 0 radical (unpaired) electrons. The molecule has 0 aliphatic heterocycles. The van der Waals surface area contributed by atoms with Crippen LogP contribution in [-0.2, 0) is 4.74 Å². The van der Waals surface area contributed by atoms with E-state index in [0.29, 0.717) is 24.5 Å². The van der Waals surface area contributed by atoms with E-state index < -0.39 is 0 Å². The number of methoxy groups -OCH3 is 1. The summed E-state index contributed by atoms with van der Waals surface area (Å²) in [5.41, 5.74) is 6.08. The SMILES string of the molecule is COCCOc1ccc(C(C)N)c(F)c1. The van der Waals surface area contributed by atoms with Gasteiger partial charge < -0.3 is 15.2 Å². The maximum absolute atomic E-state index is 13.4. The van der Waals surface area contributed by atoms with Crippen molar-refractivity contribution in [1.82, 2.24) is 0 Å². The lowest BCUT2D eigenvalue weighted by Crippen LogP contribution is -2.08. The fourth-order valence-corrected chi connectivity index (χ4v) is 1.21. The van der Waals surface area contributed by atoms with Gasteiger partial charge in [-0.1, -0.05) is 6.07 Å². The maximum atomic E-state index is 13.4. The van der Waals surface area contributed by atoms with Gasteiger partial charge in [0.25, 0.3) is 0 Å². The molecule has 1 unspecified atom stereocenters. The van der Waals surface area contributed by atoms with Crippen molar-refractivity contribution in [3.05, 3.63) is 29.6 Å². The Morgan fingerprint density at radius 1 is 1.40 bits per heavy atom. The summed E-state index contributed by atoms with van der Waals surface area (Å²) >= 11 is 0. The van der Waals surface area contributed by atoms with Crippen LogP contribution in [0.25, 0.3) is 0 Å². The first kappa shape index (κ1) is 11.9. The average Bonchev–Trinajstić information content (AvgIpc) is 2.17. The molecule has 0 amide bonds. The summed E-state index contributed by atoms with van der Waals surface area (Å²) in [5, 5.41) is 0. The number of benzene rings is 1. The Hall–Kier alpha value is -1.13. The fraction of sp³-hybridized carbons (Fsp3) is 0.455. The van der Waals surface area contributed by atoms with E-state index in [-0.39, 0.29) is 11.9 Å². The van der Waals surface area contributed by atoms with E-state index >= 15 is 0 Å². The second kappa shape index (κ2) is 5.68. The summed E-state index contributed by atoms with van der Waals surface area (Å²) in [4.78, 5) is 0. The molecule has 4 heteroatoms. The highest BCUT2D eigenvalue weighted by molar-refractivity contribution is 5.30. The molecule has 0 saturated carbocycles. The smallest absolute Gasteiger partial charge is 0.131 e. The molecule has 1 aromatic carbocycles. The van der Waals surface area contributed by atoms with E-state index in [4.69, 9.17) is 15.2 Å². The van der Waals surface area contributed by atoms with Gasteiger partial charge in [0, 0.05) is 24.8 Å². The standard InChI is InChI=1S/C11H16FNO2/c1-8(13)10-4-3-9(7-11(10)12)15-6-5-14-2/h3-4,7-8H,5-6,13H2,1-2H3. The highest BCUT2D eigenvalue weighted by atomic mass is 19.1. The van der Waals surface area contributed by atoms with Crippen molar-refractivity contribution < 1.29 is 13.9 Å². The Kier molecular flexibility index (Phi) is 4.52. The molecule has 1 rings (SSSR count). The highest BCUT2D eigenvalue weighted by Crippen LogP contribution is 2.20. The number of halogens is 1. The number of nitrogens with two attached hydrogens (primary N) is 1. The number of ether oxygens (including phenoxy) is 2.